The van der Waals surface area contributed by atoms with Crippen LogP contribution in [0.3, 0.4) is 0 Å². The molecule has 216 valence electrons. The molecule has 0 saturated heterocycles. The van der Waals surface area contributed by atoms with E-state index in [4.69, 9.17) is 19.2 Å². The largest absolute Gasteiger partial charge is 0.494 e. The second-order valence-corrected chi connectivity index (χ2v) is 11.2. The Morgan fingerprint density at radius 2 is 1.79 bits per heavy atom. The van der Waals surface area contributed by atoms with E-state index in [-0.39, 0.29) is 11.5 Å². The van der Waals surface area contributed by atoms with Gasteiger partial charge in [0, 0.05) is 5.69 Å². The summed E-state index contributed by atoms with van der Waals surface area (Å²) in [5, 5.41) is 2.97. The first kappa shape index (κ1) is 29.3. The van der Waals surface area contributed by atoms with Gasteiger partial charge in [-0.3, -0.25) is 14.2 Å². The van der Waals surface area contributed by atoms with Crippen LogP contribution >= 0.6 is 27.3 Å². The van der Waals surface area contributed by atoms with Crippen LogP contribution in [0.4, 0.5) is 5.69 Å². The van der Waals surface area contributed by atoms with Gasteiger partial charge in [-0.15, -0.1) is 0 Å². The van der Waals surface area contributed by atoms with Gasteiger partial charge in [-0.05, 0) is 90.3 Å². The highest BCUT2D eigenvalue weighted by molar-refractivity contribution is 9.10. The van der Waals surface area contributed by atoms with E-state index in [1.54, 1.807) is 24.7 Å². The molecule has 1 aliphatic rings. The van der Waals surface area contributed by atoms with E-state index in [0.29, 0.717) is 61.2 Å². The van der Waals surface area contributed by atoms with E-state index in [1.807, 2.05) is 80.6 Å². The molecule has 42 heavy (non-hydrogen) atoms. The van der Waals surface area contributed by atoms with Crippen LogP contribution in [0.15, 0.2) is 92.3 Å². The topological polar surface area (TPSA) is 91.2 Å². The molecule has 1 aromatic heterocycles. The molecule has 10 heteroatoms. The number of thiazole rings is 1. The summed E-state index contributed by atoms with van der Waals surface area (Å²) in [7, 11) is 1.57. The second-order valence-electron chi connectivity index (χ2n) is 9.37. The van der Waals surface area contributed by atoms with Gasteiger partial charge in [0.15, 0.2) is 16.3 Å². The summed E-state index contributed by atoms with van der Waals surface area (Å²) in [5.74, 6) is 1.53. The average Bonchev–Trinajstić information content (AvgIpc) is 3.28. The van der Waals surface area contributed by atoms with Gasteiger partial charge in [0.1, 0.15) is 5.75 Å². The zero-order chi connectivity index (χ0) is 29.8. The molecule has 1 atom stereocenters. The van der Waals surface area contributed by atoms with Crippen LogP contribution < -0.4 is 34.4 Å². The summed E-state index contributed by atoms with van der Waals surface area (Å²) in [4.78, 5) is 33.0. The summed E-state index contributed by atoms with van der Waals surface area (Å²) in [6, 6.07) is 19.7. The number of allylic oxidation sites excluding steroid dienone is 1. The summed E-state index contributed by atoms with van der Waals surface area (Å²) < 4.78 is 19.7. The highest BCUT2D eigenvalue weighted by Crippen LogP contribution is 2.37. The number of benzene rings is 3. The Kier molecular flexibility index (Phi) is 8.94. The average molecular weight is 649 g/mol. The van der Waals surface area contributed by atoms with Crippen LogP contribution in [-0.4, -0.2) is 30.8 Å². The SMILES string of the molecule is CCOc1ccc([C@@H]2C(C(=O)Nc3ccccc3)=C(C)N=c3s/c(=C\c4cc(Br)c(OCC)c(OC)c4)c(=O)n32)cc1. The predicted octanol–water partition coefficient (Wildman–Crippen LogP) is 5.44. The van der Waals surface area contributed by atoms with Crippen LogP contribution in [-0.2, 0) is 4.79 Å². The number of aromatic nitrogens is 1. The first-order chi connectivity index (χ1) is 20.3. The fourth-order valence-corrected chi connectivity index (χ4v) is 6.44. The molecule has 0 aliphatic carbocycles. The van der Waals surface area contributed by atoms with Crippen molar-refractivity contribution >= 4 is 44.9 Å². The molecule has 1 aliphatic heterocycles. The lowest BCUT2D eigenvalue weighted by atomic mass is 9.95. The van der Waals surface area contributed by atoms with E-state index in [2.05, 4.69) is 21.2 Å². The molecule has 5 rings (SSSR count). The van der Waals surface area contributed by atoms with E-state index >= 15 is 0 Å². The lowest BCUT2D eigenvalue weighted by molar-refractivity contribution is -0.113. The van der Waals surface area contributed by atoms with Crippen molar-refractivity contribution in [1.29, 1.82) is 0 Å². The van der Waals surface area contributed by atoms with Crippen LogP contribution in [0.5, 0.6) is 17.2 Å². The molecule has 4 aromatic rings. The number of nitrogens with one attached hydrogen (secondary N) is 1. The van der Waals surface area contributed by atoms with Crippen molar-refractivity contribution in [1.82, 2.24) is 4.57 Å². The Hall–Kier alpha value is -4.15. The van der Waals surface area contributed by atoms with Gasteiger partial charge in [-0.25, -0.2) is 4.99 Å². The third-order valence-corrected chi connectivity index (χ3v) is 8.21. The molecule has 0 saturated carbocycles. The number of halogens is 1. The third-order valence-electron chi connectivity index (χ3n) is 6.64. The highest BCUT2D eigenvalue weighted by Gasteiger charge is 2.32. The number of para-hydroxylation sites is 1. The number of hydrogen-bond donors (Lipinski definition) is 1. The molecule has 1 N–H and O–H groups in total. The number of methoxy groups -OCH3 is 1. The van der Waals surface area contributed by atoms with E-state index in [0.717, 1.165) is 11.1 Å². The van der Waals surface area contributed by atoms with Gasteiger partial charge in [0.25, 0.3) is 11.5 Å². The van der Waals surface area contributed by atoms with Gasteiger partial charge in [0.05, 0.1) is 46.6 Å². The molecule has 0 bridgehead atoms. The van der Waals surface area contributed by atoms with Gasteiger partial charge in [-0.2, -0.15) is 0 Å². The quantitative estimate of drug-likeness (QED) is 0.261. The van der Waals surface area contributed by atoms with Crippen molar-refractivity contribution in [3.63, 3.8) is 0 Å². The van der Waals surface area contributed by atoms with E-state index in [1.165, 1.54) is 11.3 Å². The maximum Gasteiger partial charge on any atom is 0.271 e. The number of carbonyl (C=O) groups excluding carboxylic acids is 1. The lowest BCUT2D eigenvalue weighted by Gasteiger charge is -2.25. The monoisotopic (exact) mass is 647 g/mol. The molecular weight excluding hydrogens is 618 g/mol. The van der Waals surface area contributed by atoms with Crippen LogP contribution in [0.2, 0.25) is 0 Å². The Balaban J connectivity index is 1.65. The van der Waals surface area contributed by atoms with E-state index < -0.39 is 6.04 Å². The Bertz CT molecular complexity index is 1830. The van der Waals surface area contributed by atoms with Crippen LogP contribution in [0, 0.1) is 0 Å². The van der Waals surface area contributed by atoms with Crippen molar-refractivity contribution in [2.24, 2.45) is 4.99 Å². The van der Waals surface area contributed by atoms with Gasteiger partial charge >= 0.3 is 0 Å². The fraction of sp³-hybridized carbons (Fsp3) is 0.219. The number of ether oxygens (including phenoxy) is 3. The summed E-state index contributed by atoms with van der Waals surface area (Å²) >= 11 is 4.83. The Morgan fingerprint density at radius 3 is 2.45 bits per heavy atom. The smallest absolute Gasteiger partial charge is 0.271 e. The Morgan fingerprint density at radius 1 is 1.07 bits per heavy atom. The van der Waals surface area contributed by atoms with Gasteiger partial charge in [-0.1, -0.05) is 41.7 Å². The zero-order valence-electron chi connectivity index (χ0n) is 23.6. The molecule has 0 spiro atoms. The first-order valence-corrected chi connectivity index (χ1v) is 15.1. The van der Waals surface area contributed by atoms with E-state index in [9.17, 15) is 9.59 Å². The van der Waals surface area contributed by atoms with Crippen molar-refractivity contribution in [3.05, 3.63) is 113 Å². The number of carbonyl (C=O) groups is 1. The molecule has 1 amide bonds. The number of anilines is 1. The number of rotatable bonds is 9. The number of hydrogen-bond acceptors (Lipinski definition) is 7. The predicted molar refractivity (Wildman–Crippen MR) is 168 cm³/mol. The summed E-state index contributed by atoms with van der Waals surface area (Å²) in [5.41, 5.74) is 2.86. The third kappa shape index (κ3) is 5.91. The minimum absolute atomic E-state index is 0.251. The lowest BCUT2D eigenvalue weighted by Crippen LogP contribution is -2.40. The normalized spacial score (nSPS) is 14.7. The molecule has 0 fully saturated rings. The maximum absolute atomic E-state index is 14.0. The van der Waals surface area contributed by atoms with Crippen LogP contribution in [0.1, 0.15) is 37.9 Å². The number of amides is 1. The first-order valence-electron chi connectivity index (χ1n) is 13.5. The molecular formula is C32H30BrN3O5S. The van der Waals surface area contributed by atoms with Crippen molar-refractivity contribution < 1.29 is 19.0 Å². The molecule has 0 radical (unpaired) electrons. The number of nitrogens with zero attached hydrogens (tertiary/aromatic N) is 2. The minimum Gasteiger partial charge on any atom is -0.494 e. The van der Waals surface area contributed by atoms with Gasteiger partial charge < -0.3 is 19.5 Å². The zero-order valence-corrected chi connectivity index (χ0v) is 26.0. The highest BCUT2D eigenvalue weighted by atomic mass is 79.9. The molecule has 0 unspecified atom stereocenters. The maximum atomic E-state index is 14.0. The van der Waals surface area contributed by atoms with Gasteiger partial charge in [0.2, 0.25) is 0 Å². The standard InChI is InChI=1S/C32H30BrN3O5S/c1-5-40-23-14-12-21(13-15-23)28-27(30(37)35-22-10-8-7-9-11-22)19(3)34-32-36(28)31(38)26(42-32)18-20-16-24(33)29(41-6-2)25(17-20)39-4/h7-18,28H,5-6H2,1-4H3,(H,35,37)/b26-18-/t28-/m1/s1. The summed E-state index contributed by atoms with van der Waals surface area (Å²) in [6.07, 6.45) is 1.80. The molecule has 8 nitrogen and oxygen atoms in total. The van der Waals surface area contributed by atoms with Crippen molar-refractivity contribution in [2.75, 3.05) is 25.6 Å². The second kappa shape index (κ2) is 12.8. The minimum atomic E-state index is -0.690. The number of fused-ring (bicyclic) bond motifs is 1. The van der Waals surface area contributed by atoms with Crippen molar-refractivity contribution in [3.8, 4) is 17.2 Å². The Labute approximate surface area is 255 Å². The summed E-state index contributed by atoms with van der Waals surface area (Å²) in [6.45, 7) is 6.64. The molecule has 3 aromatic carbocycles. The van der Waals surface area contributed by atoms with Crippen molar-refractivity contribution in [2.45, 2.75) is 26.8 Å². The molecule has 2 heterocycles. The van der Waals surface area contributed by atoms with Crippen LogP contribution in [0.25, 0.3) is 6.08 Å². The fourth-order valence-electron chi connectivity index (χ4n) is 4.82.